The van der Waals surface area contributed by atoms with Crippen molar-refractivity contribution in [3.63, 3.8) is 0 Å². The molecule has 18 heavy (non-hydrogen) atoms. The van der Waals surface area contributed by atoms with Crippen LogP contribution in [0.25, 0.3) is 5.65 Å². The van der Waals surface area contributed by atoms with E-state index in [4.69, 9.17) is 4.74 Å². The van der Waals surface area contributed by atoms with Gasteiger partial charge in [-0.3, -0.25) is 0 Å². The average molecular weight is 238 g/mol. The molecule has 0 fully saturated rings. The maximum atomic E-state index is 5.70. The van der Waals surface area contributed by atoms with Crippen LogP contribution in [0.4, 0.5) is 0 Å². The quantitative estimate of drug-likeness (QED) is 0.698. The fraction of sp³-hybridized carbons (Fsp3) is 0.133. The first-order valence-electron chi connectivity index (χ1n) is 5.95. The SMILES string of the molecule is c1ccc(COCc2ccc3nccn3c2)cc1. The van der Waals surface area contributed by atoms with E-state index < -0.39 is 0 Å². The Balaban J connectivity index is 1.62. The standard InChI is InChI=1S/C15H14N2O/c1-2-4-13(5-3-1)11-18-12-14-6-7-15-16-8-9-17(15)10-14/h1-10H,11-12H2. The topological polar surface area (TPSA) is 26.5 Å². The van der Waals surface area contributed by atoms with Crippen LogP contribution in [-0.4, -0.2) is 9.38 Å². The first-order valence-corrected chi connectivity index (χ1v) is 5.95. The fourth-order valence-corrected chi connectivity index (χ4v) is 1.91. The average Bonchev–Trinajstić information content (AvgIpc) is 2.87. The largest absolute Gasteiger partial charge is 0.372 e. The summed E-state index contributed by atoms with van der Waals surface area (Å²) in [5, 5.41) is 0. The van der Waals surface area contributed by atoms with Crippen molar-refractivity contribution in [2.45, 2.75) is 13.2 Å². The molecule has 0 unspecified atom stereocenters. The van der Waals surface area contributed by atoms with Crippen LogP contribution >= 0.6 is 0 Å². The van der Waals surface area contributed by atoms with Crippen LogP contribution in [0.5, 0.6) is 0 Å². The van der Waals surface area contributed by atoms with Crippen molar-refractivity contribution < 1.29 is 4.74 Å². The number of aromatic nitrogens is 2. The van der Waals surface area contributed by atoms with E-state index in [-0.39, 0.29) is 0 Å². The highest BCUT2D eigenvalue weighted by molar-refractivity contribution is 5.39. The number of rotatable bonds is 4. The second-order valence-electron chi connectivity index (χ2n) is 4.21. The molecule has 0 aliphatic carbocycles. The second kappa shape index (κ2) is 5.02. The molecule has 0 atom stereocenters. The van der Waals surface area contributed by atoms with E-state index in [0.29, 0.717) is 13.2 Å². The molecular formula is C15H14N2O. The molecule has 0 N–H and O–H groups in total. The molecule has 0 saturated carbocycles. The van der Waals surface area contributed by atoms with E-state index in [1.54, 1.807) is 6.20 Å². The number of hydrogen-bond donors (Lipinski definition) is 0. The first-order chi connectivity index (χ1) is 8.92. The molecule has 2 aromatic heterocycles. The van der Waals surface area contributed by atoms with E-state index in [2.05, 4.69) is 17.1 Å². The Morgan fingerprint density at radius 1 is 0.944 bits per heavy atom. The zero-order valence-corrected chi connectivity index (χ0v) is 9.99. The second-order valence-corrected chi connectivity index (χ2v) is 4.21. The van der Waals surface area contributed by atoms with Crippen LogP contribution in [-0.2, 0) is 18.0 Å². The van der Waals surface area contributed by atoms with Gasteiger partial charge in [0.25, 0.3) is 0 Å². The number of fused-ring (bicyclic) bond motifs is 1. The van der Waals surface area contributed by atoms with Gasteiger partial charge in [0.2, 0.25) is 0 Å². The third kappa shape index (κ3) is 2.41. The molecule has 3 heteroatoms. The summed E-state index contributed by atoms with van der Waals surface area (Å²) in [5.74, 6) is 0. The summed E-state index contributed by atoms with van der Waals surface area (Å²) in [7, 11) is 0. The number of nitrogens with zero attached hydrogens (tertiary/aromatic N) is 2. The zero-order valence-electron chi connectivity index (χ0n) is 9.99. The van der Waals surface area contributed by atoms with Gasteiger partial charge in [0.05, 0.1) is 13.2 Å². The molecule has 0 aliphatic heterocycles. The summed E-state index contributed by atoms with van der Waals surface area (Å²) in [6.07, 6.45) is 5.79. The Morgan fingerprint density at radius 2 is 1.78 bits per heavy atom. The van der Waals surface area contributed by atoms with Crippen LogP contribution in [0.1, 0.15) is 11.1 Å². The normalized spacial score (nSPS) is 10.9. The van der Waals surface area contributed by atoms with Crippen LogP contribution in [0.15, 0.2) is 61.1 Å². The molecular weight excluding hydrogens is 224 g/mol. The fourth-order valence-electron chi connectivity index (χ4n) is 1.91. The Labute approximate surface area is 106 Å². The predicted molar refractivity (Wildman–Crippen MR) is 70.1 cm³/mol. The summed E-state index contributed by atoms with van der Waals surface area (Å²) >= 11 is 0. The van der Waals surface area contributed by atoms with Gasteiger partial charge in [-0.2, -0.15) is 0 Å². The van der Waals surface area contributed by atoms with Gasteiger partial charge in [-0.1, -0.05) is 36.4 Å². The lowest BCUT2D eigenvalue weighted by atomic mass is 10.2. The molecule has 0 amide bonds. The lowest BCUT2D eigenvalue weighted by Crippen LogP contribution is -1.95. The highest BCUT2D eigenvalue weighted by Crippen LogP contribution is 2.08. The van der Waals surface area contributed by atoms with E-state index in [1.165, 1.54) is 5.56 Å². The van der Waals surface area contributed by atoms with Gasteiger partial charge in [-0.25, -0.2) is 4.98 Å². The predicted octanol–water partition coefficient (Wildman–Crippen LogP) is 3.05. The van der Waals surface area contributed by atoms with Crippen molar-refractivity contribution in [1.29, 1.82) is 0 Å². The molecule has 90 valence electrons. The number of benzene rings is 1. The van der Waals surface area contributed by atoms with Gasteiger partial charge in [-0.05, 0) is 17.2 Å². The monoisotopic (exact) mass is 238 g/mol. The number of pyridine rings is 1. The van der Waals surface area contributed by atoms with Crippen molar-refractivity contribution in [2.75, 3.05) is 0 Å². The van der Waals surface area contributed by atoms with E-state index in [1.807, 2.05) is 47.1 Å². The molecule has 3 aromatic rings. The van der Waals surface area contributed by atoms with Crippen LogP contribution in [0, 0.1) is 0 Å². The minimum absolute atomic E-state index is 0.614. The van der Waals surface area contributed by atoms with Crippen LogP contribution in [0.2, 0.25) is 0 Å². The minimum Gasteiger partial charge on any atom is -0.372 e. The van der Waals surface area contributed by atoms with Crippen LogP contribution < -0.4 is 0 Å². The van der Waals surface area contributed by atoms with Gasteiger partial charge in [0.15, 0.2) is 0 Å². The Morgan fingerprint density at radius 3 is 2.67 bits per heavy atom. The summed E-state index contributed by atoms with van der Waals surface area (Å²) < 4.78 is 7.70. The highest BCUT2D eigenvalue weighted by Gasteiger charge is 1.97. The number of imidazole rings is 1. The van der Waals surface area contributed by atoms with Crippen molar-refractivity contribution in [1.82, 2.24) is 9.38 Å². The molecule has 0 bridgehead atoms. The van der Waals surface area contributed by atoms with Crippen molar-refractivity contribution >= 4 is 5.65 Å². The summed E-state index contributed by atoms with van der Waals surface area (Å²) in [5.41, 5.74) is 3.31. The van der Waals surface area contributed by atoms with Gasteiger partial charge >= 0.3 is 0 Å². The Kier molecular flexibility index (Phi) is 3.07. The van der Waals surface area contributed by atoms with Crippen molar-refractivity contribution in [3.8, 4) is 0 Å². The molecule has 0 saturated heterocycles. The molecule has 3 rings (SSSR count). The van der Waals surface area contributed by atoms with E-state index in [9.17, 15) is 0 Å². The van der Waals surface area contributed by atoms with E-state index >= 15 is 0 Å². The summed E-state index contributed by atoms with van der Waals surface area (Å²) in [4.78, 5) is 4.21. The van der Waals surface area contributed by atoms with Crippen molar-refractivity contribution in [3.05, 3.63) is 72.2 Å². The summed E-state index contributed by atoms with van der Waals surface area (Å²) in [6.45, 7) is 1.26. The molecule has 0 radical (unpaired) electrons. The molecule has 2 heterocycles. The Hall–Kier alpha value is -2.13. The van der Waals surface area contributed by atoms with Gasteiger partial charge < -0.3 is 9.14 Å². The lowest BCUT2D eigenvalue weighted by Gasteiger charge is -2.05. The van der Waals surface area contributed by atoms with Gasteiger partial charge in [0, 0.05) is 18.6 Å². The first kappa shape index (κ1) is 11.0. The minimum atomic E-state index is 0.614. The zero-order chi connectivity index (χ0) is 12.2. The molecule has 0 aliphatic rings. The maximum Gasteiger partial charge on any atom is 0.136 e. The maximum absolute atomic E-state index is 5.70. The summed E-state index contributed by atoms with van der Waals surface area (Å²) in [6, 6.07) is 14.2. The van der Waals surface area contributed by atoms with E-state index in [0.717, 1.165) is 11.2 Å². The third-order valence-corrected chi connectivity index (χ3v) is 2.83. The number of ether oxygens (including phenoxy) is 1. The lowest BCUT2D eigenvalue weighted by molar-refractivity contribution is 0.107. The molecule has 1 aromatic carbocycles. The Bertz CT molecular complexity index is 631. The highest BCUT2D eigenvalue weighted by atomic mass is 16.5. The van der Waals surface area contributed by atoms with Crippen molar-refractivity contribution in [2.24, 2.45) is 0 Å². The smallest absolute Gasteiger partial charge is 0.136 e. The van der Waals surface area contributed by atoms with Gasteiger partial charge in [-0.15, -0.1) is 0 Å². The molecule has 3 nitrogen and oxygen atoms in total. The molecule has 0 spiro atoms. The third-order valence-electron chi connectivity index (χ3n) is 2.83. The van der Waals surface area contributed by atoms with Crippen LogP contribution in [0.3, 0.4) is 0 Å². The van der Waals surface area contributed by atoms with Gasteiger partial charge in [0.1, 0.15) is 5.65 Å². The number of hydrogen-bond acceptors (Lipinski definition) is 2.